The summed E-state index contributed by atoms with van der Waals surface area (Å²) in [6.07, 6.45) is 0. The predicted molar refractivity (Wildman–Crippen MR) is 50.4 cm³/mol. The number of hydrogen-bond acceptors (Lipinski definition) is 2. The van der Waals surface area contributed by atoms with Gasteiger partial charge in [-0.25, -0.2) is 0 Å². The Morgan fingerprint density at radius 1 is 1.70 bits per heavy atom. The van der Waals surface area contributed by atoms with Gasteiger partial charge in [-0.15, -0.1) is 12.4 Å². The molecule has 1 heterocycles. The number of aryl methyl sites for hydroxylation is 1. The van der Waals surface area contributed by atoms with E-state index in [0.29, 0.717) is 4.34 Å². The van der Waals surface area contributed by atoms with Crippen LogP contribution in [0.3, 0.4) is 0 Å². The molecule has 1 aromatic rings. The summed E-state index contributed by atoms with van der Waals surface area (Å²) in [5.41, 5.74) is -0.0417. The van der Waals surface area contributed by atoms with E-state index in [4.69, 9.17) is 11.6 Å². The first-order valence-electron chi connectivity index (χ1n) is 2.03. The summed E-state index contributed by atoms with van der Waals surface area (Å²) in [6, 6.07) is 1.40. The minimum absolute atomic E-state index is 0. The molecule has 0 aromatic carbocycles. The molecule has 0 fully saturated rings. The Kier molecular flexibility index (Phi) is 8.11. The minimum atomic E-state index is -0.0417. The summed E-state index contributed by atoms with van der Waals surface area (Å²) in [5, 5.41) is 0. The van der Waals surface area contributed by atoms with Crippen molar-refractivity contribution in [1.29, 1.82) is 0 Å². The number of hydrogen-bond donors (Lipinski definition) is 0. The molecule has 0 bridgehead atoms. The van der Waals surface area contributed by atoms with Crippen LogP contribution in [0.5, 0.6) is 0 Å². The Balaban J connectivity index is 0. The zero-order chi connectivity index (χ0) is 6.15. The molecule has 0 aliphatic rings. The van der Waals surface area contributed by atoms with Crippen LogP contribution in [0, 0.1) is 0 Å². The molecule has 0 saturated heterocycles. The van der Waals surface area contributed by atoms with Crippen LogP contribution in [-0.2, 0) is 7.05 Å². The van der Waals surface area contributed by atoms with Crippen molar-refractivity contribution in [3.63, 3.8) is 0 Å². The van der Waals surface area contributed by atoms with Crippen LogP contribution in [0.2, 0.25) is 4.34 Å². The first-order chi connectivity index (χ1) is 3.70. The van der Waals surface area contributed by atoms with Crippen LogP contribution in [-0.4, -0.2) is 41.7 Å². The van der Waals surface area contributed by atoms with Crippen LogP contribution in [0.4, 0.5) is 0 Å². The molecule has 6 heteroatoms. The summed E-state index contributed by atoms with van der Waals surface area (Å²) < 4.78 is 2.01. The maximum atomic E-state index is 10.5. The van der Waals surface area contributed by atoms with E-state index in [1.54, 1.807) is 7.05 Å². The van der Waals surface area contributed by atoms with Gasteiger partial charge in [0.05, 0.1) is 0 Å². The number of nitrogens with zero attached hydrogens (tertiary/aromatic N) is 1. The Morgan fingerprint density at radius 3 is 2.30 bits per heavy atom. The average Bonchev–Trinajstić information content (AvgIpc) is 1.85. The molecule has 0 amide bonds. The topological polar surface area (TPSA) is 22.0 Å². The van der Waals surface area contributed by atoms with Crippen molar-refractivity contribution >= 4 is 73.3 Å². The third kappa shape index (κ3) is 3.60. The molecule has 1 rings (SSSR count). The van der Waals surface area contributed by atoms with Gasteiger partial charge in [-0.1, -0.05) is 11.6 Å². The molecule has 0 radical (unpaired) electrons. The van der Waals surface area contributed by atoms with Gasteiger partial charge in [0.15, 0.2) is 0 Å². The van der Waals surface area contributed by atoms with E-state index in [1.165, 1.54) is 21.6 Å². The summed E-state index contributed by atoms with van der Waals surface area (Å²) >= 11 is 6.70. The Morgan fingerprint density at radius 2 is 2.20 bits per heavy atom. The van der Waals surface area contributed by atoms with Crippen molar-refractivity contribution < 1.29 is 0 Å². The predicted octanol–water partition coefficient (Wildman–Crippen LogP) is 0.606. The number of halogens is 2. The molecule has 0 saturated carbocycles. The van der Waals surface area contributed by atoms with E-state index in [-0.39, 0.29) is 55.7 Å². The monoisotopic (exact) mass is 227 g/mol. The second kappa shape index (κ2) is 5.86. The van der Waals surface area contributed by atoms with Gasteiger partial charge in [0.25, 0.3) is 5.56 Å². The third-order valence-corrected chi connectivity index (χ3v) is 1.83. The third-order valence-electron chi connectivity index (χ3n) is 0.771. The van der Waals surface area contributed by atoms with Gasteiger partial charge in [-0.05, 0) is 11.5 Å². The molecule has 0 atom stereocenters. The van der Waals surface area contributed by atoms with Crippen molar-refractivity contribution in [2.24, 2.45) is 7.05 Å². The van der Waals surface area contributed by atoms with E-state index >= 15 is 0 Å². The van der Waals surface area contributed by atoms with E-state index < -0.39 is 0 Å². The molecule has 0 unspecified atom stereocenters. The second-order valence-electron chi connectivity index (χ2n) is 1.38. The molecule has 56 valence electrons. The van der Waals surface area contributed by atoms with Crippen LogP contribution in [0.1, 0.15) is 0 Å². The van der Waals surface area contributed by atoms with E-state index in [0.717, 1.165) is 0 Å². The molecule has 10 heavy (non-hydrogen) atoms. The van der Waals surface area contributed by atoms with Crippen LogP contribution in [0.25, 0.3) is 0 Å². The van der Waals surface area contributed by atoms with Crippen molar-refractivity contribution in [3.8, 4) is 0 Å². The summed E-state index contributed by atoms with van der Waals surface area (Å²) in [5.74, 6) is 0. The van der Waals surface area contributed by atoms with Gasteiger partial charge in [-0.2, -0.15) is 0 Å². The summed E-state index contributed by atoms with van der Waals surface area (Å²) in [6.45, 7) is 0. The Bertz CT molecular complexity index is 246. The van der Waals surface area contributed by atoms with Crippen molar-refractivity contribution in [2.75, 3.05) is 0 Å². The fraction of sp³-hybridized carbons (Fsp3) is 0.250. The molecule has 0 spiro atoms. The standard InChI is InChI=1S/C4H4ClNOS.Ca.ClH.2H/c1-6-4(7)2-3(5)8-6;;;;/h2H,1H3;;1H;;. The second-order valence-corrected chi connectivity index (χ2v) is 3.18. The average molecular weight is 228 g/mol. The molecule has 0 aliphatic carbocycles. The fourth-order valence-electron chi connectivity index (χ4n) is 0.390. The normalized spacial score (nSPS) is 7.80. The quantitative estimate of drug-likeness (QED) is 0.596. The maximum absolute atomic E-state index is 10.5. The first kappa shape index (κ1) is 13.8. The fourth-order valence-corrected chi connectivity index (χ4v) is 1.35. The molecule has 0 N–H and O–H groups in total. The van der Waals surface area contributed by atoms with Gasteiger partial charge < -0.3 is 0 Å². The Hall–Kier alpha value is 1.27. The van der Waals surface area contributed by atoms with Crippen LogP contribution < -0.4 is 5.56 Å². The SMILES string of the molecule is Cl.Cn1sc(Cl)cc1=O.[CaH2]. The van der Waals surface area contributed by atoms with E-state index in [9.17, 15) is 4.79 Å². The molecular formula is C4H7CaCl2NOS. The zero-order valence-corrected chi connectivity index (χ0v) is 7.02. The number of rotatable bonds is 0. The number of aromatic nitrogens is 1. The van der Waals surface area contributed by atoms with Gasteiger partial charge in [0.2, 0.25) is 0 Å². The summed E-state index contributed by atoms with van der Waals surface area (Å²) in [4.78, 5) is 10.5. The van der Waals surface area contributed by atoms with Crippen LogP contribution in [0.15, 0.2) is 10.9 Å². The van der Waals surface area contributed by atoms with E-state index in [2.05, 4.69) is 0 Å². The van der Waals surface area contributed by atoms with E-state index in [1.807, 2.05) is 0 Å². The zero-order valence-electron chi connectivity index (χ0n) is 4.63. The van der Waals surface area contributed by atoms with Gasteiger partial charge in [-0.3, -0.25) is 8.75 Å². The first-order valence-corrected chi connectivity index (χ1v) is 3.18. The van der Waals surface area contributed by atoms with Gasteiger partial charge in [0, 0.05) is 13.1 Å². The molecule has 2 nitrogen and oxygen atoms in total. The molecule has 1 aromatic heterocycles. The van der Waals surface area contributed by atoms with Gasteiger partial charge >= 0.3 is 37.7 Å². The van der Waals surface area contributed by atoms with Crippen LogP contribution >= 0.6 is 35.5 Å². The van der Waals surface area contributed by atoms with Crippen molar-refractivity contribution in [3.05, 3.63) is 20.8 Å². The molecule has 0 aliphatic heterocycles. The van der Waals surface area contributed by atoms with Crippen molar-refractivity contribution in [1.82, 2.24) is 3.96 Å². The van der Waals surface area contributed by atoms with Crippen molar-refractivity contribution in [2.45, 2.75) is 0 Å². The summed E-state index contributed by atoms with van der Waals surface area (Å²) in [7, 11) is 1.68. The molecular weight excluding hydrogens is 221 g/mol. The Labute approximate surface area is 104 Å². The van der Waals surface area contributed by atoms with Gasteiger partial charge in [0.1, 0.15) is 4.34 Å².